The van der Waals surface area contributed by atoms with E-state index in [1.54, 1.807) is 42.5 Å². The second-order valence-corrected chi connectivity index (χ2v) is 11.6. The van der Waals surface area contributed by atoms with Gasteiger partial charge >= 0.3 is 6.03 Å². The fourth-order valence-corrected chi connectivity index (χ4v) is 5.77. The Morgan fingerprint density at radius 3 is 2.48 bits per heavy atom. The minimum Gasteiger partial charge on any atom is -0.434 e. The molecule has 0 bridgehead atoms. The van der Waals surface area contributed by atoms with Gasteiger partial charge in [0.15, 0.2) is 15.4 Å². The van der Waals surface area contributed by atoms with Crippen LogP contribution in [-0.4, -0.2) is 85.1 Å². The first kappa shape index (κ1) is 29.2. The predicted molar refractivity (Wildman–Crippen MR) is 146 cm³/mol. The molecule has 3 heterocycles. The van der Waals surface area contributed by atoms with Crippen LogP contribution < -0.4 is 10.6 Å². The van der Waals surface area contributed by atoms with E-state index in [0.29, 0.717) is 49.5 Å². The number of fused-ring (bicyclic) bond motifs is 1. The number of pyridine rings is 1. The lowest BCUT2D eigenvalue weighted by molar-refractivity contribution is -0.123. The lowest BCUT2D eigenvalue weighted by Crippen LogP contribution is -2.57. The smallest absolute Gasteiger partial charge is 0.318 e. The van der Waals surface area contributed by atoms with E-state index in [0.717, 1.165) is 6.42 Å². The van der Waals surface area contributed by atoms with Crippen LogP contribution in [-0.2, 0) is 25.1 Å². The van der Waals surface area contributed by atoms with Gasteiger partial charge in [-0.1, -0.05) is 38.0 Å². The summed E-state index contributed by atoms with van der Waals surface area (Å²) in [6.07, 6.45) is 3.12. The first-order valence-electron chi connectivity index (χ1n) is 13.2. The van der Waals surface area contributed by atoms with Crippen molar-refractivity contribution in [3.63, 3.8) is 0 Å². The third-order valence-electron chi connectivity index (χ3n) is 6.41. The third kappa shape index (κ3) is 7.85. The molecule has 1 saturated heterocycles. The number of Topliss-reactive ketones (excluding diaryl/α,β-unsaturated/α-hetero) is 1. The zero-order valence-electron chi connectivity index (χ0n) is 22.2. The molecule has 2 aromatic heterocycles. The van der Waals surface area contributed by atoms with Gasteiger partial charge in [0.25, 0.3) is 5.89 Å². The average molecular weight is 572 g/mol. The highest BCUT2D eigenvalue weighted by Crippen LogP contribution is 2.18. The van der Waals surface area contributed by atoms with E-state index in [9.17, 15) is 22.8 Å². The van der Waals surface area contributed by atoms with Crippen LogP contribution in [0.5, 0.6) is 0 Å². The average Bonchev–Trinajstić information content (AvgIpc) is 3.39. The standard InChI is InChI=1S/C27H33N5O7S/c1-2-3-9-21(24(33)26-30-20-10-4-5-11-23(20)39-26)29-25(34)22(31-27(35)32-13-15-38-16-14-32)18-40(36,37)17-19-8-6-7-12-28-19/h4-8,10-12,21-22H,2-3,9,13-18H2,1H3,(H,29,34)(H,31,35)/t21-,22-/m0/s1. The fourth-order valence-electron chi connectivity index (χ4n) is 4.29. The molecule has 3 aromatic rings. The highest BCUT2D eigenvalue weighted by Gasteiger charge is 2.33. The molecule has 1 aromatic carbocycles. The number of amides is 3. The van der Waals surface area contributed by atoms with Crippen LogP contribution in [0.3, 0.4) is 0 Å². The molecule has 0 saturated carbocycles. The highest BCUT2D eigenvalue weighted by molar-refractivity contribution is 7.90. The zero-order valence-corrected chi connectivity index (χ0v) is 23.1. The maximum absolute atomic E-state index is 13.5. The summed E-state index contributed by atoms with van der Waals surface area (Å²) in [5.74, 6) is -2.57. The molecule has 13 heteroatoms. The van der Waals surface area contributed by atoms with Crippen molar-refractivity contribution in [3.8, 4) is 0 Å². The van der Waals surface area contributed by atoms with Crippen molar-refractivity contribution in [1.82, 2.24) is 25.5 Å². The molecule has 3 amide bonds. The molecule has 2 N–H and O–H groups in total. The number of ketones is 1. The van der Waals surface area contributed by atoms with E-state index in [-0.39, 0.29) is 12.3 Å². The molecule has 0 spiro atoms. The monoisotopic (exact) mass is 571 g/mol. The summed E-state index contributed by atoms with van der Waals surface area (Å²) in [4.78, 5) is 49.6. The zero-order chi connectivity index (χ0) is 28.5. The number of hydrogen-bond acceptors (Lipinski definition) is 9. The Morgan fingerprint density at radius 1 is 1.02 bits per heavy atom. The van der Waals surface area contributed by atoms with Crippen LogP contribution >= 0.6 is 0 Å². The molecular formula is C27H33N5O7S. The first-order chi connectivity index (χ1) is 19.3. The topological polar surface area (TPSA) is 161 Å². The maximum Gasteiger partial charge on any atom is 0.318 e. The maximum atomic E-state index is 13.5. The lowest BCUT2D eigenvalue weighted by atomic mass is 10.0. The molecule has 1 aliphatic rings. The Morgan fingerprint density at radius 2 is 1.77 bits per heavy atom. The van der Waals surface area contributed by atoms with Gasteiger partial charge in [-0.15, -0.1) is 0 Å². The van der Waals surface area contributed by atoms with Crippen molar-refractivity contribution >= 4 is 38.7 Å². The summed E-state index contributed by atoms with van der Waals surface area (Å²) in [6.45, 7) is 3.21. The Kier molecular flexibility index (Phi) is 9.83. The van der Waals surface area contributed by atoms with Gasteiger partial charge in [-0.2, -0.15) is 0 Å². The van der Waals surface area contributed by atoms with Crippen LogP contribution in [0, 0.1) is 0 Å². The van der Waals surface area contributed by atoms with Gasteiger partial charge in [-0.3, -0.25) is 14.6 Å². The molecular weight excluding hydrogens is 538 g/mol. The SMILES string of the molecule is CCCC[C@H](NC(=O)[C@H](CS(=O)(=O)Cc1ccccn1)NC(=O)N1CCOCC1)C(=O)c1nc2ccccc2o1. The van der Waals surface area contributed by atoms with Crippen molar-refractivity contribution in [2.45, 2.75) is 44.0 Å². The van der Waals surface area contributed by atoms with Gasteiger partial charge in [0.05, 0.1) is 36.5 Å². The van der Waals surface area contributed by atoms with Crippen LogP contribution in [0.25, 0.3) is 11.1 Å². The first-order valence-corrected chi connectivity index (χ1v) is 15.0. The molecule has 1 aliphatic heterocycles. The van der Waals surface area contributed by atoms with Crippen LogP contribution in [0.4, 0.5) is 4.79 Å². The summed E-state index contributed by atoms with van der Waals surface area (Å²) < 4.78 is 37.1. The number of rotatable bonds is 12. The van der Waals surface area contributed by atoms with E-state index >= 15 is 0 Å². The number of nitrogens with zero attached hydrogens (tertiary/aromatic N) is 3. The van der Waals surface area contributed by atoms with E-state index in [2.05, 4.69) is 20.6 Å². The summed E-state index contributed by atoms with van der Waals surface area (Å²) in [5.41, 5.74) is 1.25. The number of para-hydroxylation sites is 2. The summed E-state index contributed by atoms with van der Waals surface area (Å²) in [7, 11) is -3.89. The molecule has 1 fully saturated rings. The fraction of sp³-hybridized carbons (Fsp3) is 0.444. The van der Waals surface area contributed by atoms with Gasteiger partial charge in [0.1, 0.15) is 11.6 Å². The Labute approximate surface area is 232 Å². The normalized spacial score (nSPS) is 15.4. The van der Waals surface area contributed by atoms with Crippen molar-refractivity contribution in [1.29, 1.82) is 0 Å². The number of unbranched alkanes of at least 4 members (excludes halogenated alkanes) is 1. The predicted octanol–water partition coefficient (Wildman–Crippen LogP) is 2.11. The summed E-state index contributed by atoms with van der Waals surface area (Å²) in [6, 6.07) is 8.74. The highest BCUT2D eigenvalue weighted by atomic mass is 32.2. The number of urea groups is 1. The van der Waals surface area contributed by atoms with E-state index < -0.39 is 51.1 Å². The number of sulfone groups is 1. The Bertz CT molecular complexity index is 1390. The second kappa shape index (κ2) is 13.5. The van der Waals surface area contributed by atoms with Gasteiger partial charge in [-0.05, 0) is 30.7 Å². The summed E-state index contributed by atoms with van der Waals surface area (Å²) in [5, 5.41) is 5.22. The number of oxazole rings is 1. The number of hydrogen-bond donors (Lipinski definition) is 2. The van der Waals surface area contributed by atoms with Gasteiger partial charge in [0.2, 0.25) is 11.7 Å². The van der Waals surface area contributed by atoms with Crippen molar-refractivity contribution in [2.75, 3.05) is 32.1 Å². The third-order valence-corrected chi connectivity index (χ3v) is 7.99. The number of carbonyl (C=O) groups is 3. The van der Waals surface area contributed by atoms with E-state index in [1.807, 2.05) is 6.92 Å². The lowest BCUT2D eigenvalue weighted by Gasteiger charge is -2.29. The minimum absolute atomic E-state index is 0.153. The summed E-state index contributed by atoms with van der Waals surface area (Å²) >= 11 is 0. The second-order valence-electron chi connectivity index (χ2n) is 9.53. The number of ether oxygens (including phenoxy) is 1. The molecule has 12 nitrogen and oxygen atoms in total. The number of carbonyl (C=O) groups excluding carboxylic acids is 3. The van der Waals surface area contributed by atoms with Crippen molar-refractivity contribution in [3.05, 3.63) is 60.2 Å². The Hall–Kier alpha value is -3.84. The number of morpholine rings is 1. The van der Waals surface area contributed by atoms with Crippen molar-refractivity contribution in [2.24, 2.45) is 0 Å². The molecule has 0 radical (unpaired) electrons. The minimum atomic E-state index is -3.89. The largest absolute Gasteiger partial charge is 0.434 e. The van der Waals surface area contributed by atoms with Gasteiger partial charge in [-0.25, -0.2) is 18.2 Å². The number of nitrogens with one attached hydrogen (secondary N) is 2. The number of benzene rings is 1. The molecule has 2 atom stereocenters. The van der Waals surface area contributed by atoms with Crippen LogP contribution in [0.15, 0.2) is 53.1 Å². The van der Waals surface area contributed by atoms with Crippen LogP contribution in [0.2, 0.25) is 0 Å². The van der Waals surface area contributed by atoms with E-state index in [1.165, 1.54) is 11.1 Å². The van der Waals surface area contributed by atoms with Crippen molar-refractivity contribution < 1.29 is 32.0 Å². The van der Waals surface area contributed by atoms with Gasteiger partial charge < -0.3 is 24.7 Å². The number of aromatic nitrogens is 2. The Balaban J connectivity index is 1.54. The van der Waals surface area contributed by atoms with Crippen LogP contribution in [0.1, 0.15) is 42.6 Å². The molecule has 4 rings (SSSR count). The molecule has 0 unspecified atom stereocenters. The van der Waals surface area contributed by atoms with E-state index in [4.69, 9.17) is 9.15 Å². The molecule has 214 valence electrons. The quantitative estimate of drug-likeness (QED) is 0.310. The molecule has 40 heavy (non-hydrogen) atoms. The van der Waals surface area contributed by atoms with Gasteiger partial charge in [0, 0.05) is 19.3 Å². The molecule has 0 aliphatic carbocycles.